The number of hydrogen-bond acceptors (Lipinski definition) is 3. The first-order valence-corrected chi connectivity index (χ1v) is 10.8. The summed E-state index contributed by atoms with van der Waals surface area (Å²) >= 11 is 0. The van der Waals surface area contributed by atoms with Gasteiger partial charge in [0.2, 0.25) is 0 Å². The molecule has 0 amide bonds. The van der Waals surface area contributed by atoms with Crippen LogP contribution in [0.1, 0.15) is 70.2 Å². The van der Waals surface area contributed by atoms with Gasteiger partial charge in [-0.05, 0) is 57.2 Å². The summed E-state index contributed by atoms with van der Waals surface area (Å²) < 4.78 is 25.3. The van der Waals surface area contributed by atoms with Crippen molar-refractivity contribution in [3.8, 4) is 0 Å². The van der Waals surface area contributed by atoms with Crippen molar-refractivity contribution >= 4 is 18.9 Å². The van der Waals surface area contributed by atoms with Gasteiger partial charge in [0.15, 0.2) is 0 Å². The van der Waals surface area contributed by atoms with E-state index in [0.717, 1.165) is 31.6 Å². The summed E-state index contributed by atoms with van der Waals surface area (Å²) in [5.41, 5.74) is 4.72. The number of benzene rings is 2. The van der Waals surface area contributed by atoms with Crippen LogP contribution in [-0.4, -0.2) is 18.9 Å². The van der Waals surface area contributed by atoms with Crippen molar-refractivity contribution in [1.29, 1.82) is 0 Å². The molecular weight excluding hydrogens is 410 g/mol. The first kappa shape index (κ1) is 29.3. The number of carbonyl (C=O) groups is 3. The molecule has 0 saturated heterocycles. The minimum atomic E-state index is -2.72. The zero-order valence-corrected chi connectivity index (χ0v) is 19.9. The molecule has 3 rings (SSSR count). The predicted molar refractivity (Wildman–Crippen MR) is 130 cm³/mol. The molecule has 5 heteroatoms. The van der Waals surface area contributed by atoms with E-state index in [4.69, 9.17) is 9.59 Å². The maximum absolute atomic E-state index is 12.6. The van der Waals surface area contributed by atoms with Gasteiger partial charge in [-0.15, -0.1) is 0 Å². The van der Waals surface area contributed by atoms with Crippen molar-refractivity contribution < 1.29 is 26.0 Å². The summed E-state index contributed by atoms with van der Waals surface area (Å²) in [7, 11) is 0. The molecule has 3 nitrogen and oxygen atoms in total. The van der Waals surface area contributed by atoms with Crippen molar-refractivity contribution in [2.45, 2.75) is 72.6 Å². The number of carbonyl (C=O) groups excluding carboxylic acids is 3. The number of alkyl halides is 2. The summed E-state index contributed by atoms with van der Waals surface area (Å²) in [6.07, 6.45) is 6.09. The van der Waals surface area contributed by atoms with Crippen LogP contribution >= 0.6 is 0 Å². The third-order valence-electron chi connectivity index (χ3n) is 5.29. The van der Waals surface area contributed by atoms with E-state index in [-0.39, 0.29) is 8.42 Å². The summed E-state index contributed by atoms with van der Waals surface area (Å²) in [4.78, 5) is 28.8. The van der Waals surface area contributed by atoms with Crippen LogP contribution in [0.2, 0.25) is 0 Å². The summed E-state index contributed by atoms with van der Waals surface area (Å²) in [6.45, 7) is 10.4. The Hall–Kier alpha value is -2.69. The van der Waals surface area contributed by atoms with Crippen LogP contribution in [0.5, 0.6) is 0 Å². The minimum absolute atomic E-state index is 0. The second-order valence-electron chi connectivity index (χ2n) is 8.04. The number of halogens is 2. The first-order valence-electron chi connectivity index (χ1n) is 10.8. The van der Waals surface area contributed by atoms with Crippen molar-refractivity contribution in [1.82, 2.24) is 0 Å². The van der Waals surface area contributed by atoms with Gasteiger partial charge in [-0.1, -0.05) is 60.9 Å². The maximum Gasteiger partial charge on any atom is 0.270 e. The SMILES string of the molecule is C=O.CC=O.Cc1ccc(CC(=O)C2CCCC2)cc1C.Cc1cccc(C(C)(F)F)c1.[HH].[HH]. The van der Waals surface area contributed by atoms with E-state index in [9.17, 15) is 13.6 Å². The Morgan fingerprint density at radius 2 is 1.62 bits per heavy atom. The van der Waals surface area contributed by atoms with Crippen LogP contribution in [0.15, 0.2) is 42.5 Å². The van der Waals surface area contributed by atoms with E-state index in [1.165, 1.54) is 48.6 Å². The molecule has 0 N–H and O–H groups in total. The zero-order chi connectivity index (χ0) is 24.7. The third-order valence-corrected chi connectivity index (χ3v) is 5.29. The molecule has 0 spiro atoms. The molecule has 1 aliphatic carbocycles. The Balaban J connectivity index is -0.000000471. The monoisotopic (exact) mass is 450 g/mol. The van der Waals surface area contributed by atoms with E-state index >= 15 is 0 Å². The van der Waals surface area contributed by atoms with Gasteiger partial charge in [-0.25, -0.2) is 8.78 Å². The van der Waals surface area contributed by atoms with E-state index in [1.807, 2.05) is 6.79 Å². The van der Waals surface area contributed by atoms with E-state index in [0.29, 0.717) is 18.1 Å². The average molecular weight is 451 g/mol. The lowest BCUT2D eigenvalue weighted by Crippen LogP contribution is -2.13. The lowest BCUT2D eigenvalue weighted by atomic mass is 9.95. The van der Waals surface area contributed by atoms with Gasteiger partial charge >= 0.3 is 0 Å². The first-order chi connectivity index (χ1) is 15.1. The van der Waals surface area contributed by atoms with Crippen LogP contribution < -0.4 is 0 Å². The number of aryl methyl sites for hydroxylation is 3. The molecule has 0 radical (unpaired) electrons. The highest BCUT2D eigenvalue weighted by Crippen LogP contribution is 2.27. The van der Waals surface area contributed by atoms with Gasteiger partial charge in [0.25, 0.3) is 5.92 Å². The topological polar surface area (TPSA) is 51.2 Å². The predicted octanol–water partition coefficient (Wildman–Crippen LogP) is 7.22. The molecule has 0 bridgehead atoms. The molecular formula is C27H40F2O3. The van der Waals surface area contributed by atoms with Crippen molar-refractivity contribution in [2.24, 2.45) is 5.92 Å². The Morgan fingerprint density at radius 3 is 2.06 bits per heavy atom. The summed E-state index contributed by atoms with van der Waals surface area (Å²) in [6, 6.07) is 12.7. The highest BCUT2D eigenvalue weighted by atomic mass is 19.3. The number of Topliss-reactive ketones (excluding diaryl/α,β-unsaturated/α-hetero) is 1. The molecule has 0 unspecified atom stereocenters. The summed E-state index contributed by atoms with van der Waals surface area (Å²) in [5.74, 6) is -1.92. The minimum Gasteiger partial charge on any atom is -0.307 e. The Kier molecular flexibility index (Phi) is 13.9. The standard InChI is InChI=1S/C15H20O.C9H10F2.C2H4O.CH2O.2H2/c1-11-7-8-13(9-12(11)2)10-15(16)14-5-3-4-6-14;1-7-4-3-5-8(6-7)9(2,10)11;1-2-3;1-2;;/h7-9,14H,3-6,10H2,1-2H3;3-6H,1-2H3;2H,1H3;1H2;2*1H. The quantitative estimate of drug-likeness (QED) is 0.462. The molecule has 2 aromatic rings. The van der Waals surface area contributed by atoms with Crippen LogP contribution in [-0.2, 0) is 26.7 Å². The second-order valence-corrected chi connectivity index (χ2v) is 8.04. The van der Waals surface area contributed by atoms with Crippen LogP contribution in [0, 0.1) is 26.7 Å². The van der Waals surface area contributed by atoms with Crippen molar-refractivity contribution in [3.63, 3.8) is 0 Å². The molecule has 0 aliphatic heterocycles. The van der Waals surface area contributed by atoms with Gasteiger partial charge in [-0.2, -0.15) is 0 Å². The van der Waals surface area contributed by atoms with Gasteiger partial charge in [-0.3, -0.25) is 4.79 Å². The normalized spacial score (nSPS) is 12.8. The molecule has 1 fully saturated rings. The van der Waals surface area contributed by atoms with Gasteiger partial charge in [0.05, 0.1) is 0 Å². The smallest absolute Gasteiger partial charge is 0.270 e. The highest BCUT2D eigenvalue weighted by Gasteiger charge is 2.23. The molecule has 2 aromatic carbocycles. The number of ketones is 1. The Labute approximate surface area is 194 Å². The third kappa shape index (κ3) is 11.1. The van der Waals surface area contributed by atoms with Crippen LogP contribution in [0.3, 0.4) is 0 Å². The van der Waals surface area contributed by atoms with Gasteiger partial charge < -0.3 is 9.59 Å². The molecule has 1 saturated carbocycles. The van der Waals surface area contributed by atoms with Crippen molar-refractivity contribution in [3.05, 3.63) is 70.3 Å². The van der Waals surface area contributed by atoms with Gasteiger partial charge in [0.1, 0.15) is 18.9 Å². The van der Waals surface area contributed by atoms with Crippen LogP contribution in [0.4, 0.5) is 8.78 Å². The lowest BCUT2D eigenvalue weighted by Gasteiger charge is -2.10. The van der Waals surface area contributed by atoms with E-state index in [1.54, 1.807) is 19.1 Å². The van der Waals surface area contributed by atoms with Crippen molar-refractivity contribution in [2.75, 3.05) is 0 Å². The number of rotatable bonds is 4. The van der Waals surface area contributed by atoms with Gasteiger partial charge in [0, 0.05) is 27.7 Å². The second kappa shape index (κ2) is 15.2. The van der Waals surface area contributed by atoms with E-state index < -0.39 is 5.92 Å². The lowest BCUT2D eigenvalue weighted by molar-refractivity contribution is -0.122. The number of hydrogen-bond donors (Lipinski definition) is 0. The largest absolute Gasteiger partial charge is 0.307 e. The zero-order valence-electron chi connectivity index (χ0n) is 19.9. The van der Waals surface area contributed by atoms with E-state index in [2.05, 4.69) is 32.0 Å². The molecule has 0 atom stereocenters. The molecule has 0 heterocycles. The summed E-state index contributed by atoms with van der Waals surface area (Å²) in [5, 5.41) is 0. The Morgan fingerprint density at radius 1 is 1.06 bits per heavy atom. The fraction of sp³-hybridized carbons (Fsp3) is 0.444. The average Bonchev–Trinajstić information content (AvgIpc) is 3.28. The highest BCUT2D eigenvalue weighted by molar-refractivity contribution is 5.83. The molecule has 32 heavy (non-hydrogen) atoms. The van der Waals surface area contributed by atoms with Crippen LogP contribution in [0.25, 0.3) is 0 Å². The maximum atomic E-state index is 12.6. The molecule has 180 valence electrons. The molecule has 1 aliphatic rings. The Bertz CT molecular complexity index is 846. The fourth-order valence-corrected chi connectivity index (χ4v) is 3.42. The molecule has 0 aromatic heterocycles. The fourth-order valence-electron chi connectivity index (χ4n) is 3.42. The number of aldehydes is 1.